The molecule has 2 heterocycles. The van der Waals surface area contributed by atoms with Gasteiger partial charge in [-0.1, -0.05) is 6.07 Å². The zero-order valence-electron chi connectivity index (χ0n) is 16.9. The van der Waals surface area contributed by atoms with Gasteiger partial charge in [0.15, 0.2) is 21.3 Å². The van der Waals surface area contributed by atoms with Crippen molar-refractivity contribution in [2.45, 2.75) is 6.42 Å². The summed E-state index contributed by atoms with van der Waals surface area (Å²) in [4.78, 5) is 26.8. The van der Waals surface area contributed by atoms with Crippen LogP contribution in [0.2, 0.25) is 0 Å². The van der Waals surface area contributed by atoms with Crippen LogP contribution < -0.4 is 24.4 Å². The van der Waals surface area contributed by atoms with Crippen LogP contribution in [0, 0.1) is 5.92 Å². The smallest absolute Gasteiger partial charge is 0.231 e. The van der Waals surface area contributed by atoms with Crippen molar-refractivity contribution in [2.75, 3.05) is 42.2 Å². The Morgan fingerprint density at radius 2 is 2.00 bits per heavy atom. The van der Waals surface area contributed by atoms with E-state index in [0.29, 0.717) is 28.6 Å². The molecule has 2 amide bonds. The number of ether oxygens (including phenoxy) is 3. The van der Waals surface area contributed by atoms with Gasteiger partial charge in [-0.15, -0.1) is 0 Å². The number of amides is 2. The van der Waals surface area contributed by atoms with Crippen molar-refractivity contribution < 1.29 is 32.2 Å². The van der Waals surface area contributed by atoms with E-state index in [9.17, 15) is 18.0 Å². The zero-order valence-corrected chi connectivity index (χ0v) is 17.7. The highest BCUT2D eigenvalue weighted by Crippen LogP contribution is 2.37. The minimum atomic E-state index is -3.12. The lowest BCUT2D eigenvalue weighted by molar-refractivity contribution is -0.122. The van der Waals surface area contributed by atoms with Crippen molar-refractivity contribution in [3.8, 4) is 17.2 Å². The quantitative estimate of drug-likeness (QED) is 0.691. The number of hydrogen-bond acceptors (Lipinski definition) is 7. The van der Waals surface area contributed by atoms with E-state index < -0.39 is 15.8 Å². The SMILES string of the molecule is CS(=O)(=O)CCOc1cccc(NC(=O)C2CC(=O)N(c3ccc4c(c3)OCO4)C2)c1. The van der Waals surface area contributed by atoms with Crippen LogP contribution in [0.3, 0.4) is 0 Å². The molecule has 0 bridgehead atoms. The number of nitrogens with one attached hydrogen (secondary N) is 1. The van der Waals surface area contributed by atoms with E-state index in [1.807, 2.05) is 0 Å². The Balaban J connectivity index is 1.37. The Bertz CT molecular complexity index is 1120. The maximum atomic E-state index is 12.7. The normalized spacial score (nSPS) is 17.6. The summed E-state index contributed by atoms with van der Waals surface area (Å²) in [5.41, 5.74) is 1.17. The molecule has 164 valence electrons. The van der Waals surface area contributed by atoms with Crippen LogP contribution in [0.25, 0.3) is 0 Å². The van der Waals surface area contributed by atoms with E-state index in [1.54, 1.807) is 47.4 Å². The second-order valence-corrected chi connectivity index (χ2v) is 9.70. The van der Waals surface area contributed by atoms with Crippen molar-refractivity contribution in [3.63, 3.8) is 0 Å². The number of anilines is 2. The summed E-state index contributed by atoms with van der Waals surface area (Å²) in [5, 5.41) is 2.80. The Morgan fingerprint density at radius 1 is 1.19 bits per heavy atom. The molecule has 0 spiro atoms. The zero-order chi connectivity index (χ0) is 22.0. The van der Waals surface area contributed by atoms with Gasteiger partial charge in [0.1, 0.15) is 12.4 Å². The lowest BCUT2D eigenvalue weighted by Crippen LogP contribution is -2.28. The number of nitrogens with zero attached hydrogens (tertiary/aromatic N) is 1. The van der Waals surface area contributed by atoms with Crippen LogP contribution in [0.15, 0.2) is 42.5 Å². The highest BCUT2D eigenvalue weighted by Gasteiger charge is 2.35. The van der Waals surface area contributed by atoms with Gasteiger partial charge in [-0.2, -0.15) is 0 Å². The van der Waals surface area contributed by atoms with Crippen LogP contribution in [-0.2, 0) is 19.4 Å². The minimum Gasteiger partial charge on any atom is -0.492 e. The monoisotopic (exact) mass is 446 g/mol. The van der Waals surface area contributed by atoms with Crippen molar-refractivity contribution in [2.24, 2.45) is 5.92 Å². The Hall–Kier alpha value is -3.27. The van der Waals surface area contributed by atoms with Crippen molar-refractivity contribution >= 4 is 33.0 Å². The molecular formula is C21H22N2O7S. The Labute approximate surface area is 179 Å². The lowest BCUT2D eigenvalue weighted by Gasteiger charge is -2.17. The molecule has 4 rings (SSSR count). The fourth-order valence-electron chi connectivity index (χ4n) is 3.40. The van der Waals surface area contributed by atoms with Gasteiger partial charge >= 0.3 is 0 Å². The molecule has 1 N–H and O–H groups in total. The molecule has 0 saturated carbocycles. The molecule has 9 nitrogen and oxygen atoms in total. The van der Waals surface area contributed by atoms with E-state index in [4.69, 9.17) is 14.2 Å². The van der Waals surface area contributed by atoms with Gasteiger partial charge in [0.2, 0.25) is 18.6 Å². The number of carbonyl (C=O) groups excluding carboxylic acids is 2. The van der Waals surface area contributed by atoms with Crippen LogP contribution in [0.1, 0.15) is 6.42 Å². The molecule has 1 atom stereocenters. The summed E-state index contributed by atoms with van der Waals surface area (Å²) in [6.45, 7) is 0.432. The van der Waals surface area contributed by atoms with Gasteiger partial charge in [-0.3, -0.25) is 9.59 Å². The predicted molar refractivity (Wildman–Crippen MR) is 113 cm³/mol. The highest BCUT2D eigenvalue weighted by molar-refractivity contribution is 7.90. The van der Waals surface area contributed by atoms with Gasteiger partial charge in [-0.05, 0) is 24.3 Å². The van der Waals surface area contributed by atoms with Gasteiger partial charge < -0.3 is 24.4 Å². The maximum absolute atomic E-state index is 12.7. The van der Waals surface area contributed by atoms with Crippen molar-refractivity contribution in [1.82, 2.24) is 0 Å². The summed E-state index contributed by atoms with van der Waals surface area (Å²) < 4.78 is 38.5. The number of benzene rings is 2. The molecule has 0 aromatic heterocycles. The summed E-state index contributed by atoms with van der Waals surface area (Å²) in [5.74, 6) is 0.637. The molecule has 1 saturated heterocycles. The average Bonchev–Trinajstić information content (AvgIpc) is 3.33. The first-order chi connectivity index (χ1) is 14.8. The van der Waals surface area contributed by atoms with Gasteiger partial charge in [0.25, 0.3) is 0 Å². The Kier molecular flexibility index (Phi) is 5.73. The second-order valence-electron chi connectivity index (χ2n) is 7.44. The van der Waals surface area contributed by atoms with Crippen molar-refractivity contribution in [3.05, 3.63) is 42.5 Å². The van der Waals surface area contributed by atoms with Crippen LogP contribution in [0.4, 0.5) is 11.4 Å². The van der Waals surface area contributed by atoms with Crippen LogP contribution in [-0.4, -0.2) is 52.2 Å². The molecule has 1 fully saturated rings. The van der Waals surface area contributed by atoms with E-state index in [-0.39, 0.29) is 43.9 Å². The number of sulfone groups is 1. The molecule has 10 heteroatoms. The molecule has 1 unspecified atom stereocenters. The molecular weight excluding hydrogens is 424 g/mol. The second kappa shape index (κ2) is 8.46. The molecule has 2 aliphatic rings. The van der Waals surface area contributed by atoms with E-state index in [0.717, 1.165) is 6.26 Å². The largest absolute Gasteiger partial charge is 0.492 e. The van der Waals surface area contributed by atoms with Crippen LogP contribution in [0.5, 0.6) is 17.2 Å². The van der Waals surface area contributed by atoms with E-state index in [2.05, 4.69) is 5.32 Å². The molecule has 0 radical (unpaired) electrons. The fraction of sp³-hybridized carbons (Fsp3) is 0.333. The fourth-order valence-corrected chi connectivity index (χ4v) is 3.79. The predicted octanol–water partition coefficient (Wildman–Crippen LogP) is 1.83. The number of rotatable bonds is 7. The van der Waals surface area contributed by atoms with Crippen molar-refractivity contribution in [1.29, 1.82) is 0 Å². The first-order valence-corrected chi connectivity index (χ1v) is 11.8. The average molecular weight is 446 g/mol. The number of fused-ring (bicyclic) bond motifs is 1. The molecule has 2 aromatic carbocycles. The standard InChI is InChI=1S/C21H22N2O7S/c1-31(26,27)8-7-28-17-4-2-3-15(10-17)22-21(25)14-9-20(24)23(12-14)16-5-6-18-19(11-16)30-13-29-18/h2-6,10-11,14H,7-9,12-13H2,1H3,(H,22,25). The summed E-state index contributed by atoms with van der Waals surface area (Å²) in [6.07, 6.45) is 1.24. The first kappa shape index (κ1) is 21.0. The minimum absolute atomic E-state index is 0.0256. The van der Waals surface area contributed by atoms with Crippen LogP contribution >= 0.6 is 0 Å². The molecule has 0 aliphatic carbocycles. The Morgan fingerprint density at radius 3 is 2.81 bits per heavy atom. The summed E-state index contributed by atoms with van der Waals surface area (Å²) >= 11 is 0. The lowest BCUT2D eigenvalue weighted by atomic mass is 10.1. The van der Waals surface area contributed by atoms with Gasteiger partial charge in [0.05, 0.1) is 11.7 Å². The summed E-state index contributed by atoms with van der Waals surface area (Å²) in [7, 11) is -3.12. The van der Waals surface area contributed by atoms with Gasteiger partial charge in [-0.25, -0.2) is 8.42 Å². The highest BCUT2D eigenvalue weighted by atomic mass is 32.2. The molecule has 2 aromatic rings. The first-order valence-electron chi connectivity index (χ1n) is 9.70. The number of carbonyl (C=O) groups is 2. The van der Waals surface area contributed by atoms with E-state index >= 15 is 0 Å². The molecule has 2 aliphatic heterocycles. The summed E-state index contributed by atoms with van der Waals surface area (Å²) in [6, 6.07) is 11.9. The van der Waals surface area contributed by atoms with E-state index in [1.165, 1.54) is 0 Å². The van der Waals surface area contributed by atoms with Gasteiger partial charge in [0, 0.05) is 42.7 Å². The molecule has 31 heavy (non-hydrogen) atoms. The third-order valence-corrected chi connectivity index (χ3v) is 5.90. The third-order valence-electron chi connectivity index (χ3n) is 4.99. The number of hydrogen-bond donors (Lipinski definition) is 1. The maximum Gasteiger partial charge on any atom is 0.231 e. The topological polar surface area (TPSA) is 111 Å². The third kappa shape index (κ3) is 5.08.